The summed E-state index contributed by atoms with van der Waals surface area (Å²) in [5.41, 5.74) is 3.38. The van der Waals surface area contributed by atoms with Crippen molar-refractivity contribution in [3.05, 3.63) is 78.4 Å². The molecule has 2 aromatic carbocycles. The van der Waals surface area contributed by atoms with Gasteiger partial charge in [0.1, 0.15) is 5.75 Å². The van der Waals surface area contributed by atoms with E-state index < -0.39 is 6.10 Å². The Morgan fingerprint density at radius 3 is 2.36 bits per heavy atom. The van der Waals surface area contributed by atoms with Crippen molar-refractivity contribution in [1.82, 2.24) is 14.9 Å². The van der Waals surface area contributed by atoms with Gasteiger partial charge in [-0.25, -0.2) is 4.98 Å². The molecule has 1 aromatic heterocycles. The van der Waals surface area contributed by atoms with Gasteiger partial charge in [-0.2, -0.15) is 0 Å². The van der Waals surface area contributed by atoms with E-state index in [1.807, 2.05) is 59.3 Å². The number of nitrogens with zero attached hydrogens (tertiary/aromatic N) is 2. The van der Waals surface area contributed by atoms with Crippen LogP contribution in [0.4, 0.5) is 0 Å². The van der Waals surface area contributed by atoms with Crippen molar-refractivity contribution in [1.29, 1.82) is 0 Å². The van der Waals surface area contributed by atoms with E-state index in [2.05, 4.69) is 31.1 Å². The smallest absolute Gasteiger partial charge is 0.261 e. The minimum Gasteiger partial charge on any atom is -0.481 e. The molecule has 0 unspecified atom stereocenters. The molecule has 0 fully saturated rings. The predicted octanol–water partition coefficient (Wildman–Crippen LogP) is 4.25. The number of carbonyl (C=O) groups is 1. The Labute approximate surface area is 166 Å². The van der Waals surface area contributed by atoms with Crippen LogP contribution in [-0.4, -0.2) is 21.6 Å². The zero-order valence-corrected chi connectivity index (χ0v) is 16.8. The molecule has 28 heavy (non-hydrogen) atoms. The minimum atomic E-state index is -0.564. The van der Waals surface area contributed by atoms with Gasteiger partial charge in [-0.1, -0.05) is 45.0 Å². The monoisotopic (exact) mass is 377 g/mol. The van der Waals surface area contributed by atoms with E-state index in [0.717, 1.165) is 11.3 Å². The lowest BCUT2D eigenvalue weighted by atomic mass is 9.87. The number of aromatic nitrogens is 2. The number of hydrogen-bond acceptors (Lipinski definition) is 3. The van der Waals surface area contributed by atoms with Gasteiger partial charge in [0.15, 0.2) is 6.10 Å². The van der Waals surface area contributed by atoms with Crippen LogP contribution in [0.5, 0.6) is 5.75 Å². The molecule has 5 nitrogen and oxygen atoms in total. The van der Waals surface area contributed by atoms with Crippen LogP contribution >= 0.6 is 0 Å². The molecule has 1 amide bonds. The van der Waals surface area contributed by atoms with E-state index in [1.165, 1.54) is 5.56 Å². The zero-order chi connectivity index (χ0) is 20.1. The molecule has 3 aromatic rings. The van der Waals surface area contributed by atoms with Gasteiger partial charge < -0.3 is 14.6 Å². The Bertz CT molecular complexity index is 893. The van der Waals surface area contributed by atoms with E-state index >= 15 is 0 Å². The summed E-state index contributed by atoms with van der Waals surface area (Å²) in [6.45, 7) is 8.72. The van der Waals surface area contributed by atoms with Crippen LogP contribution in [-0.2, 0) is 16.8 Å². The summed E-state index contributed by atoms with van der Waals surface area (Å²) in [5.74, 6) is 0.555. The van der Waals surface area contributed by atoms with Crippen molar-refractivity contribution in [2.75, 3.05) is 0 Å². The van der Waals surface area contributed by atoms with Crippen LogP contribution in [0.25, 0.3) is 5.69 Å². The second-order valence-electron chi connectivity index (χ2n) is 7.89. The molecule has 5 heteroatoms. The van der Waals surface area contributed by atoms with Gasteiger partial charge in [-0.15, -0.1) is 0 Å². The van der Waals surface area contributed by atoms with Crippen LogP contribution in [0.3, 0.4) is 0 Å². The second-order valence-corrected chi connectivity index (χ2v) is 7.89. The SMILES string of the molecule is C[C@@H](Oc1ccc(C(C)(C)C)cc1)C(=O)NCc1ccc(-n2ccnc2)cc1. The Morgan fingerprint density at radius 1 is 1.11 bits per heavy atom. The first-order chi connectivity index (χ1) is 13.3. The number of nitrogens with one attached hydrogen (secondary N) is 1. The molecule has 3 rings (SSSR count). The summed E-state index contributed by atoms with van der Waals surface area (Å²) in [5, 5.41) is 2.93. The lowest BCUT2D eigenvalue weighted by Crippen LogP contribution is -2.35. The lowest BCUT2D eigenvalue weighted by molar-refractivity contribution is -0.127. The van der Waals surface area contributed by atoms with E-state index in [0.29, 0.717) is 12.3 Å². The molecule has 0 saturated carbocycles. The number of hydrogen-bond donors (Lipinski definition) is 1. The van der Waals surface area contributed by atoms with E-state index in [-0.39, 0.29) is 11.3 Å². The molecule has 1 atom stereocenters. The van der Waals surface area contributed by atoms with Crippen molar-refractivity contribution in [2.24, 2.45) is 0 Å². The molecule has 0 spiro atoms. The van der Waals surface area contributed by atoms with E-state index in [4.69, 9.17) is 4.74 Å². The van der Waals surface area contributed by atoms with E-state index in [1.54, 1.807) is 19.4 Å². The number of rotatable bonds is 6. The predicted molar refractivity (Wildman–Crippen MR) is 111 cm³/mol. The fraction of sp³-hybridized carbons (Fsp3) is 0.304. The first kappa shape index (κ1) is 19.7. The molecule has 0 aliphatic heterocycles. The standard InChI is InChI=1S/C23H27N3O2/c1-17(28-21-11-7-19(8-12-21)23(2,3)4)22(27)25-15-18-5-9-20(10-6-18)26-14-13-24-16-26/h5-14,16-17H,15H2,1-4H3,(H,25,27)/t17-/m1/s1. The van der Waals surface area contributed by atoms with Crippen molar-refractivity contribution in [3.63, 3.8) is 0 Å². The zero-order valence-electron chi connectivity index (χ0n) is 16.8. The summed E-state index contributed by atoms with van der Waals surface area (Å²) in [6, 6.07) is 15.9. The van der Waals surface area contributed by atoms with Crippen LogP contribution in [0, 0.1) is 0 Å². The lowest BCUT2D eigenvalue weighted by Gasteiger charge is -2.20. The van der Waals surface area contributed by atoms with Crippen LogP contribution < -0.4 is 10.1 Å². The topological polar surface area (TPSA) is 56.1 Å². The average molecular weight is 377 g/mol. The second kappa shape index (κ2) is 8.30. The van der Waals surface area contributed by atoms with Gasteiger partial charge in [0.25, 0.3) is 5.91 Å². The Kier molecular flexibility index (Phi) is 5.83. The molecule has 0 bridgehead atoms. The molecule has 0 aliphatic rings. The summed E-state index contributed by atoms with van der Waals surface area (Å²) >= 11 is 0. The van der Waals surface area contributed by atoms with Gasteiger partial charge in [0, 0.05) is 24.6 Å². The highest BCUT2D eigenvalue weighted by molar-refractivity contribution is 5.80. The normalized spacial score (nSPS) is 12.4. The maximum Gasteiger partial charge on any atom is 0.261 e. The number of ether oxygens (including phenoxy) is 1. The van der Waals surface area contributed by atoms with Crippen molar-refractivity contribution in [2.45, 2.75) is 45.8 Å². The molecule has 1 N–H and O–H groups in total. The first-order valence-corrected chi connectivity index (χ1v) is 9.45. The van der Waals surface area contributed by atoms with Crippen molar-refractivity contribution in [3.8, 4) is 11.4 Å². The highest BCUT2D eigenvalue weighted by atomic mass is 16.5. The fourth-order valence-corrected chi connectivity index (χ4v) is 2.82. The maximum atomic E-state index is 12.4. The number of imidazole rings is 1. The number of carbonyl (C=O) groups excluding carboxylic acids is 1. The van der Waals surface area contributed by atoms with Crippen molar-refractivity contribution < 1.29 is 9.53 Å². The Hall–Kier alpha value is -3.08. The van der Waals surface area contributed by atoms with Crippen LogP contribution in [0.15, 0.2) is 67.3 Å². The first-order valence-electron chi connectivity index (χ1n) is 9.45. The average Bonchev–Trinajstić information content (AvgIpc) is 3.21. The summed E-state index contributed by atoms with van der Waals surface area (Å²) < 4.78 is 7.71. The Morgan fingerprint density at radius 2 is 1.79 bits per heavy atom. The van der Waals surface area contributed by atoms with E-state index in [9.17, 15) is 4.79 Å². The Balaban J connectivity index is 1.51. The van der Waals surface area contributed by atoms with Crippen LogP contribution in [0.2, 0.25) is 0 Å². The molecule has 0 aliphatic carbocycles. The van der Waals surface area contributed by atoms with Gasteiger partial charge in [0.2, 0.25) is 0 Å². The fourth-order valence-electron chi connectivity index (χ4n) is 2.82. The van der Waals surface area contributed by atoms with Gasteiger partial charge in [-0.05, 0) is 47.7 Å². The summed E-state index contributed by atoms with van der Waals surface area (Å²) in [6.07, 6.45) is 4.82. The maximum absolute atomic E-state index is 12.4. The molecule has 0 saturated heterocycles. The molecular formula is C23H27N3O2. The van der Waals surface area contributed by atoms with Gasteiger partial charge in [-0.3, -0.25) is 4.79 Å². The summed E-state index contributed by atoms with van der Waals surface area (Å²) in [7, 11) is 0. The quantitative estimate of drug-likeness (QED) is 0.698. The summed E-state index contributed by atoms with van der Waals surface area (Å²) in [4.78, 5) is 16.4. The van der Waals surface area contributed by atoms with Crippen LogP contribution in [0.1, 0.15) is 38.8 Å². The number of benzene rings is 2. The number of amides is 1. The molecule has 1 heterocycles. The largest absolute Gasteiger partial charge is 0.481 e. The molecule has 0 radical (unpaired) electrons. The third-order valence-electron chi connectivity index (χ3n) is 4.61. The van der Waals surface area contributed by atoms with Gasteiger partial charge >= 0.3 is 0 Å². The minimum absolute atomic E-state index is 0.0922. The highest BCUT2D eigenvalue weighted by Crippen LogP contribution is 2.24. The third-order valence-corrected chi connectivity index (χ3v) is 4.61. The molecular weight excluding hydrogens is 350 g/mol. The third kappa shape index (κ3) is 5.00. The van der Waals surface area contributed by atoms with Gasteiger partial charge in [0.05, 0.1) is 6.33 Å². The van der Waals surface area contributed by atoms with Crippen molar-refractivity contribution >= 4 is 5.91 Å². The highest BCUT2D eigenvalue weighted by Gasteiger charge is 2.16. The molecule has 146 valence electrons.